The van der Waals surface area contributed by atoms with Crippen LogP contribution in [0.5, 0.6) is 0 Å². The molecular formula is C15H26N6O. The number of aromatic nitrogens is 2. The highest BCUT2D eigenvalue weighted by molar-refractivity contribution is 5.79. The van der Waals surface area contributed by atoms with Gasteiger partial charge in [0.05, 0.1) is 6.54 Å². The third kappa shape index (κ3) is 5.14. The second-order valence-corrected chi connectivity index (χ2v) is 5.81. The molecule has 122 valence electrons. The maximum Gasteiger partial charge on any atom is 0.223 e. The molecule has 1 fully saturated rings. The van der Waals surface area contributed by atoms with Gasteiger partial charge in [-0.25, -0.2) is 0 Å². The Morgan fingerprint density at radius 3 is 2.73 bits per heavy atom. The maximum absolute atomic E-state index is 4.95. The van der Waals surface area contributed by atoms with Crippen molar-refractivity contribution >= 4 is 5.96 Å². The van der Waals surface area contributed by atoms with E-state index in [1.165, 1.54) is 5.57 Å². The minimum absolute atomic E-state index is 0.444. The van der Waals surface area contributed by atoms with Crippen LogP contribution in [0.15, 0.2) is 21.7 Å². The zero-order valence-corrected chi connectivity index (χ0v) is 13.7. The van der Waals surface area contributed by atoms with Crippen molar-refractivity contribution in [2.75, 3.05) is 26.7 Å². The fraction of sp³-hybridized carbons (Fsp3) is 0.667. The molecule has 0 atom stereocenters. The minimum atomic E-state index is 0.444. The van der Waals surface area contributed by atoms with E-state index in [0.717, 1.165) is 38.4 Å². The Balaban J connectivity index is 1.73. The van der Waals surface area contributed by atoms with Crippen LogP contribution in [0.1, 0.15) is 31.5 Å². The average molecular weight is 306 g/mol. The molecular weight excluding hydrogens is 280 g/mol. The van der Waals surface area contributed by atoms with Crippen LogP contribution in [0, 0.1) is 6.92 Å². The largest absolute Gasteiger partial charge is 0.354 e. The van der Waals surface area contributed by atoms with Crippen LogP contribution >= 0.6 is 0 Å². The lowest BCUT2D eigenvalue weighted by Crippen LogP contribution is -2.48. The molecule has 0 spiro atoms. The fourth-order valence-electron chi connectivity index (χ4n) is 2.58. The summed E-state index contributed by atoms with van der Waals surface area (Å²) < 4.78 is 4.95. The molecule has 1 aromatic rings. The highest BCUT2D eigenvalue weighted by Gasteiger charge is 2.19. The Labute approximate surface area is 131 Å². The number of nitrogens with one attached hydrogen (secondary N) is 2. The number of likely N-dealkylation sites (tertiary alicyclic amines) is 1. The van der Waals surface area contributed by atoms with E-state index in [1.807, 2.05) is 0 Å². The monoisotopic (exact) mass is 306 g/mol. The second kappa shape index (κ2) is 7.93. The number of aryl methyl sites for hydroxylation is 1. The van der Waals surface area contributed by atoms with Gasteiger partial charge in [-0.3, -0.25) is 9.89 Å². The molecule has 0 saturated carbocycles. The van der Waals surface area contributed by atoms with Crippen molar-refractivity contribution in [2.45, 2.75) is 39.3 Å². The lowest BCUT2D eigenvalue weighted by Gasteiger charge is -2.33. The van der Waals surface area contributed by atoms with Gasteiger partial charge in [0.15, 0.2) is 11.8 Å². The summed E-state index contributed by atoms with van der Waals surface area (Å²) in [5.41, 5.74) is 1.22. The predicted molar refractivity (Wildman–Crippen MR) is 86.6 cm³/mol. The molecule has 1 aromatic heterocycles. The first kappa shape index (κ1) is 16.5. The third-order valence-electron chi connectivity index (χ3n) is 3.63. The smallest absolute Gasteiger partial charge is 0.223 e. The van der Waals surface area contributed by atoms with Gasteiger partial charge in [-0.1, -0.05) is 17.3 Å². The van der Waals surface area contributed by atoms with Crippen LogP contribution in [0.25, 0.3) is 0 Å². The predicted octanol–water partition coefficient (Wildman–Crippen LogP) is 1.08. The molecule has 1 saturated heterocycles. The van der Waals surface area contributed by atoms with E-state index in [-0.39, 0.29) is 0 Å². The highest BCUT2D eigenvalue weighted by Crippen LogP contribution is 2.11. The van der Waals surface area contributed by atoms with Crippen LogP contribution in [0.2, 0.25) is 0 Å². The second-order valence-electron chi connectivity index (χ2n) is 5.81. The number of aliphatic imine (C=N–C) groups is 1. The van der Waals surface area contributed by atoms with E-state index in [1.54, 1.807) is 14.0 Å². The number of piperidine rings is 1. The quantitative estimate of drug-likeness (QED) is 0.481. The summed E-state index contributed by atoms with van der Waals surface area (Å²) in [5.74, 6) is 1.99. The van der Waals surface area contributed by atoms with Crippen LogP contribution in [-0.4, -0.2) is 53.7 Å². The van der Waals surface area contributed by atoms with Gasteiger partial charge in [-0.15, -0.1) is 0 Å². The van der Waals surface area contributed by atoms with Crippen molar-refractivity contribution in [1.82, 2.24) is 25.7 Å². The third-order valence-corrected chi connectivity index (χ3v) is 3.63. The van der Waals surface area contributed by atoms with Gasteiger partial charge in [-0.05, 0) is 19.8 Å². The van der Waals surface area contributed by atoms with E-state index >= 15 is 0 Å². The zero-order chi connectivity index (χ0) is 15.9. The number of hydrogen-bond donors (Lipinski definition) is 2. The molecule has 0 bridgehead atoms. The van der Waals surface area contributed by atoms with Gasteiger partial charge in [0.25, 0.3) is 0 Å². The Hall–Kier alpha value is -1.89. The summed E-state index contributed by atoms with van der Waals surface area (Å²) >= 11 is 0. The summed E-state index contributed by atoms with van der Waals surface area (Å²) in [5, 5.41) is 10.5. The van der Waals surface area contributed by atoms with Crippen molar-refractivity contribution in [3.05, 3.63) is 23.9 Å². The number of hydrogen-bond acceptors (Lipinski definition) is 5. The molecule has 0 aliphatic carbocycles. The van der Waals surface area contributed by atoms with Crippen molar-refractivity contribution in [2.24, 2.45) is 4.99 Å². The van der Waals surface area contributed by atoms with E-state index in [2.05, 4.69) is 44.2 Å². The Morgan fingerprint density at radius 1 is 1.45 bits per heavy atom. The molecule has 0 amide bonds. The molecule has 2 rings (SSSR count). The van der Waals surface area contributed by atoms with Gasteiger partial charge >= 0.3 is 0 Å². The van der Waals surface area contributed by atoms with Crippen LogP contribution in [-0.2, 0) is 6.54 Å². The molecule has 0 radical (unpaired) electrons. The SMILES string of the molecule is C=C(C)CN1CCC(NC(=NC)NCc2noc(C)n2)CC1. The standard InChI is InChI=1S/C15H26N6O/c1-11(2)10-21-7-5-13(6-8-21)19-15(16-4)17-9-14-18-12(3)22-20-14/h13H,1,5-10H2,2-4H3,(H2,16,17,19). The summed E-state index contributed by atoms with van der Waals surface area (Å²) in [6.45, 7) is 11.5. The first-order valence-corrected chi connectivity index (χ1v) is 7.70. The van der Waals surface area contributed by atoms with Crippen LogP contribution in [0.3, 0.4) is 0 Å². The van der Waals surface area contributed by atoms with E-state index in [9.17, 15) is 0 Å². The highest BCUT2D eigenvalue weighted by atomic mass is 16.5. The molecule has 7 nitrogen and oxygen atoms in total. The van der Waals surface area contributed by atoms with E-state index in [0.29, 0.717) is 24.3 Å². The van der Waals surface area contributed by atoms with Gasteiger partial charge in [0.1, 0.15) is 0 Å². The first-order valence-electron chi connectivity index (χ1n) is 7.70. The molecule has 7 heteroatoms. The minimum Gasteiger partial charge on any atom is -0.354 e. The van der Waals surface area contributed by atoms with Crippen molar-refractivity contribution < 1.29 is 4.52 Å². The van der Waals surface area contributed by atoms with Gasteiger partial charge < -0.3 is 15.2 Å². The average Bonchev–Trinajstić information content (AvgIpc) is 2.90. The topological polar surface area (TPSA) is 78.6 Å². The van der Waals surface area contributed by atoms with E-state index < -0.39 is 0 Å². The first-order chi connectivity index (χ1) is 10.6. The Kier molecular flexibility index (Phi) is 5.94. The van der Waals surface area contributed by atoms with E-state index in [4.69, 9.17) is 4.52 Å². The lowest BCUT2D eigenvalue weighted by atomic mass is 10.0. The molecule has 2 heterocycles. The molecule has 0 aromatic carbocycles. The molecule has 0 unspecified atom stereocenters. The normalized spacial score (nSPS) is 17.5. The van der Waals surface area contributed by atoms with Gasteiger partial charge in [-0.2, -0.15) is 4.98 Å². The maximum atomic E-state index is 4.95. The van der Waals surface area contributed by atoms with Crippen molar-refractivity contribution in [3.63, 3.8) is 0 Å². The summed E-state index contributed by atoms with van der Waals surface area (Å²) in [7, 11) is 1.77. The van der Waals surface area contributed by atoms with Crippen LogP contribution in [0.4, 0.5) is 0 Å². The van der Waals surface area contributed by atoms with Crippen molar-refractivity contribution in [1.29, 1.82) is 0 Å². The van der Waals surface area contributed by atoms with Crippen LogP contribution < -0.4 is 10.6 Å². The number of guanidine groups is 1. The summed E-state index contributed by atoms with van der Waals surface area (Å²) in [4.78, 5) is 10.9. The zero-order valence-electron chi connectivity index (χ0n) is 13.7. The number of nitrogens with zero attached hydrogens (tertiary/aromatic N) is 4. The Morgan fingerprint density at radius 2 is 2.18 bits per heavy atom. The molecule has 1 aliphatic heterocycles. The van der Waals surface area contributed by atoms with Gasteiger partial charge in [0.2, 0.25) is 5.89 Å². The van der Waals surface area contributed by atoms with Crippen molar-refractivity contribution in [3.8, 4) is 0 Å². The molecule has 22 heavy (non-hydrogen) atoms. The Bertz CT molecular complexity index is 516. The molecule has 1 aliphatic rings. The summed E-state index contributed by atoms with van der Waals surface area (Å²) in [6, 6.07) is 0.444. The summed E-state index contributed by atoms with van der Waals surface area (Å²) in [6.07, 6.45) is 2.21. The lowest BCUT2D eigenvalue weighted by molar-refractivity contribution is 0.221. The van der Waals surface area contributed by atoms with Gasteiger partial charge in [0, 0.05) is 39.6 Å². The number of rotatable bonds is 5. The molecule has 2 N–H and O–H groups in total. The fourth-order valence-corrected chi connectivity index (χ4v) is 2.58.